The van der Waals surface area contributed by atoms with Gasteiger partial charge in [-0.05, 0) is 32.3 Å². The lowest BCUT2D eigenvalue weighted by atomic mass is 10.0. The molecule has 1 N–H and O–H groups in total. The largest absolute Gasteiger partial charge is 0.458 e. The molecule has 3 heteroatoms. The minimum atomic E-state index is -0.329. The third kappa shape index (κ3) is 2.70. The third-order valence-electron chi connectivity index (χ3n) is 2.18. The van der Waals surface area contributed by atoms with Crippen LogP contribution in [0.3, 0.4) is 0 Å². The van der Waals surface area contributed by atoms with Gasteiger partial charge in [0.2, 0.25) is 0 Å². The van der Waals surface area contributed by atoms with Crippen LogP contribution in [-0.2, 0) is 9.53 Å². The molecule has 1 rings (SSSR count). The summed E-state index contributed by atoms with van der Waals surface area (Å²) in [7, 11) is 0. The van der Waals surface area contributed by atoms with E-state index in [1.807, 2.05) is 13.0 Å². The van der Waals surface area contributed by atoms with Gasteiger partial charge in [0.15, 0.2) is 0 Å². The van der Waals surface area contributed by atoms with E-state index in [2.05, 4.69) is 0 Å². The van der Waals surface area contributed by atoms with Crippen molar-refractivity contribution in [1.29, 1.82) is 0 Å². The summed E-state index contributed by atoms with van der Waals surface area (Å²) in [4.78, 5) is 11.2. The number of aliphatic hydroxyl groups is 1. The Kier molecular flexibility index (Phi) is 3.89. The Bertz CT molecular complexity index is 274. The van der Waals surface area contributed by atoms with E-state index >= 15 is 0 Å². The van der Waals surface area contributed by atoms with Crippen molar-refractivity contribution in [2.45, 2.75) is 32.8 Å². The summed E-state index contributed by atoms with van der Waals surface area (Å²) in [6.45, 7) is 3.99. The SMILES string of the molecule is C/C=C/C1=C(CCC(C)O)COC1=O. The first-order chi connectivity index (χ1) is 6.65. The first kappa shape index (κ1) is 11.0. The highest BCUT2D eigenvalue weighted by Gasteiger charge is 2.22. The first-order valence-corrected chi connectivity index (χ1v) is 4.85. The maximum atomic E-state index is 11.2. The van der Waals surface area contributed by atoms with Gasteiger partial charge in [-0.1, -0.05) is 12.2 Å². The predicted octanol–water partition coefficient (Wildman–Crippen LogP) is 1.58. The van der Waals surface area contributed by atoms with E-state index in [1.165, 1.54) is 0 Å². The zero-order chi connectivity index (χ0) is 10.6. The van der Waals surface area contributed by atoms with Gasteiger partial charge in [0.1, 0.15) is 6.61 Å². The second-order valence-electron chi connectivity index (χ2n) is 3.48. The van der Waals surface area contributed by atoms with Crippen LogP contribution in [0.25, 0.3) is 0 Å². The van der Waals surface area contributed by atoms with E-state index in [1.54, 1.807) is 13.0 Å². The summed E-state index contributed by atoms with van der Waals surface area (Å²) >= 11 is 0. The number of allylic oxidation sites excluding steroid dienone is 1. The van der Waals surface area contributed by atoms with Crippen LogP contribution in [0.4, 0.5) is 0 Å². The van der Waals surface area contributed by atoms with Crippen molar-refractivity contribution in [2.24, 2.45) is 0 Å². The molecule has 1 heterocycles. The summed E-state index contributed by atoms with van der Waals surface area (Å²) in [5.74, 6) is -0.247. The third-order valence-corrected chi connectivity index (χ3v) is 2.18. The van der Waals surface area contributed by atoms with E-state index < -0.39 is 0 Å². The van der Waals surface area contributed by atoms with Gasteiger partial charge < -0.3 is 9.84 Å². The van der Waals surface area contributed by atoms with Crippen LogP contribution in [0.5, 0.6) is 0 Å². The Morgan fingerprint density at radius 2 is 2.36 bits per heavy atom. The molecule has 0 aromatic rings. The second-order valence-corrected chi connectivity index (χ2v) is 3.48. The highest BCUT2D eigenvalue weighted by molar-refractivity contribution is 5.94. The van der Waals surface area contributed by atoms with Crippen molar-refractivity contribution < 1.29 is 14.6 Å². The maximum Gasteiger partial charge on any atom is 0.338 e. The van der Waals surface area contributed by atoms with Crippen molar-refractivity contribution in [3.8, 4) is 0 Å². The Balaban J connectivity index is 2.67. The van der Waals surface area contributed by atoms with Crippen LogP contribution in [-0.4, -0.2) is 23.8 Å². The van der Waals surface area contributed by atoms with Crippen LogP contribution in [0.1, 0.15) is 26.7 Å². The van der Waals surface area contributed by atoms with Crippen molar-refractivity contribution in [2.75, 3.05) is 6.61 Å². The predicted molar refractivity (Wildman–Crippen MR) is 53.7 cm³/mol. The molecular weight excluding hydrogens is 180 g/mol. The Hall–Kier alpha value is -1.09. The van der Waals surface area contributed by atoms with Crippen molar-refractivity contribution in [1.82, 2.24) is 0 Å². The van der Waals surface area contributed by atoms with Gasteiger partial charge in [0.25, 0.3) is 0 Å². The van der Waals surface area contributed by atoms with Crippen molar-refractivity contribution >= 4 is 5.97 Å². The smallest absolute Gasteiger partial charge is 0.338 e. The standard InChI is InChI=1S/C11H16O3/c1-3-4-10-9(6-5-8(2)12)7-14-11(10)13/h3-4,8,12H,5-7H2,1-2H3/b4-3+. The minimum Gasteiger partial charge on any atom is -0.458 e. The van der Waals surface area contributed by atoms with Crippen LogP contribution >= 0.6 is 0 Å². The van der Waals surface area contributed by atoms with Crippen molar-refractivity contribution in [3.63, 3.8) is 0 Å². The lowest BCUT2D eigenvalue weighted by Crippen LogP contribution is -2.01. The van der Waals surface area contributed by atoms with E-state index in [-0.39, 0.29) is 12.1 Å². The zero-order valence-corrected chi connectivity index (χ0v) is 8.62. The van der Waals surface area contributed by atoms with Crippen LogP contribution in [0.15, 0.2) is 23.3 Å². The molecule has 1 aliphatic rings. The van der Waals surface area contributed by atoms with Gasteiger partial charge in [-0.3, -0.25) is 0 Å². The number of hydrogen-bond acceptors (Lipinski definition) is 3. The van der Waals surface area contributed by atoms with E-state index in [9.17, 15) is 4.79 Å². The zero-order valence-electron chi connectivity index (χ0n) is 8.62. The van der Waals surface area contributed by atoms with Gasteiger partial charge in [-0.25, -0.2) is 4.79 Å². The number of rotatable bonds is 4. The number of carbonyl (C=O) groups excluding carboxylic acids is 1. The summed E-state index contributed by atoms with van der Waals surface area (Å²) in [5, 5.41) is 9.13. The van der Waals surface area contributed by atoms with Gasteiger partial charge in [-0.2, -0.15) is 0 Å². The number of hydrogen-bond donors (Lipinski definition) is 1. The molecule has 0 aromatic carbocycles. The quantitative estimate of drug-likeness (QED) is 0.694. The van der Waals surface area contributed by atoms with E-state index in [0.717, 1.165) is 12.0 Å². The van der Waals surface area contributed by atoms with Crippen LogP contribution in [0.2, 0.25) is 0 Å². The maximum absolute atomic E-state index is 11.2. The molecule has 0 aromatic heterocycles. The number of esters is 1. The van der Waals surface area contributed by atoms with Gasteiger partial charge in [0.05, 0.1) is 11.7 Å². The highest BCUT2D eigenvalue weighted by atomic mass is 16.5. The van der Waals surface area contributed by atoms with Gasteiger partial charge in [0, 0.05) is 0 Å². The molecule has 1 unspecified atom stereocenters. The molecule has 0 saturated heterocycles. The molecule has 0 aliphatic carbocycles. The Morgan fingerprint density at radius 3 is 2.93 bits per heavy atom. The monoisotopic (exact) mass is 196 g/mol. The number of carbonyl (C=O) groups is 1. The summed E-state index contributed by atoms with van der Waals surface area (Å²) in [5.41, 5.74) is 1.65. The van der Waals surface area contributed by atoms with E-state index in [4.69, 9.17) is 9.84 Å². The molecule has 0 spiro atoms. The molecule has 1 atom stereocenters. The average Bonchev–Trinajstić information content (AvgIpc) is 2.46. The second kappa shape index (κ2) is 4.96. The molecule has 0 amide bonds. The molecule has 0 saturated carbocycles. The fourth-order valence-corrected chi connectivity index (χ4v) is 1.40. The topological polar surface area (TPSA) is 46.5 Å². The Labute approximate surface area is 84.1 Å². The Morgan fingerprint density at radius 1 is 1.64 bits per heavy atom. The van der Waals surface area contributed by atoms with Crippen LogP contribution < -0.4 is 0 Å². The molecule has 0 fully saturated rings. The number of cyclic esters (lactones) is 1. The van der Waals surface area contributed by atoms with Gasteiger partial charge >= 0.3 is 5.97 Å². The number of aliphatic hydroxyl groups excluding tert-OH is 1. The summed E-state index contributed by atoms with van der Waals surface area (Å²) < 4.78 is 4.92. The molecular formula is C11H16O3. The van der Waals surface area contributed by atoms with Crippen molar-refractivity contribution in [3.05, 3.63) is 23.3 Å². The molecule has 1 aliphatic heterocycles. The highest BCUT2D eigenvalue weighted by Crippen LogP contribution is 2.21. The fraction of sp³-hybridized carbons (Fsp3) is 0.545. The van der Waals surface area contributed by atoms with Crippen LogP contribution in [0, 0.1) is 0 Å². The lowest BCUT2D eigenvalue weighted by molar-refractivity contribution is -0.135. The first-order valence-electron chi connectivity index (χ1n) is 4.85. The molecule has 3 nitrogen and oxygen atoms in total. The normalized spacial score (nSPS) is 19.2. The summed E-state index contributed by atoms with van der Waals surface area (Å²) in [6, 6.07) is 0. The number of ether oxygens (including phenoxy) is 1. The molecule has 78 valence electrons. The fourth-order valence-electron chi connectivity index (χ4n) is 1.40. The average molecular weight is 196 g/mol. The molecule has 0 bridgehead atoms. The summed E-state index contributed by atoms with van der Waals surface area (Å²) in [6.07, 6.45) is 4.66. The lowest BCUT2D eigenvalue weighted by Gasteiger charge is -2.03. The van der Waals surface area contributed by atoms with E-state index in [0.29, 0.717) is 18.6 Å². The minimum absolute atomic E-state index is 0.247. The molecule has 0 radical (unpaired) electrons. The van der Waals surface area contributed by atoms with Gasteiger partial charge in [-0.15, -0.1) is 0 Å². The molecule has 14 heavy (non-hydrogen) atoms.